The third-order valence-corrected chi connectivity index (χ3v) is 2.69. The van der Waals surface area contributed by atoms with Crippen LogP contribution in [-0.2, 0) is 4.79 Å². The SMILES string of the molecule is C[C@@H](NC(=O)C(C)(C)C)c1ccccc1C(=O)O. The van der Waals surface area contributed by atoms with Crippen LogP contribution in [0.5, 0.6) is 0 Å². The van der Waals surface area contributed by atoms with Gasteiger partial charge in [0, 0.05) is 5.41 Å². The predicted molar refractivity (Wildman–Crippen MR) is 69.4 cm³/mol. The van der Waals surface area contributed by atoms with Crippen LogP contribution in [-0.4, -0.2) is 17.0 Å². The lowest BCUT2D eigenvalue weighted by atomic mass is 9.94. The first-order valence-corrected chi connectivity index (χ1v) is 5.86. The van der Waals surface area contributed by atoms with Crippen LogP contribution in [0, 0.1) is 5.41 Å². The zero-order valence-electron chi connectivity index (χ0n) is 11.2. The fraction of sp³-hybridized carbons (Fsp3) is 0.429. The lowest BCUT2D eigenvalue weighted by molar-refractivity contribution is -0.129. The van der Waals surface area contributed by atoms with Gasteiger partial charge >= 0.3 is 5.97 Å². The molecule has 1 aromatic carbocycles. The Kier molecular flexibility index (Phi) is 4.11. The molecule has 0 fully saturated rings. The van der Waals surface area contributed by atoms with Gasteiger partial charge in [-0.25, -0.2) is 4.79 Å². The number of nitrogens with one attached hydrogen (secondary N) is 1. The second-order valence-electron chi connectivity index (χ2n) is 5.34. The molecule has 98 valence electrons. The summed E-state index contributed by atoms with van der Waals surface area (Å²) in [4.78, 5) is 23.0. The highest BCUT2D eigenvalue weighted by Crippen LogP contribution is 2.20. The van der Waals surface area contributed by atoms with Gasteiger partial charge in [-0.2, -0.15) is 0 Å². The summed E-state index contributed by atoms with van der Waals surface area (Å²) in [5, 5.41) is 11.9. The average Bonchev–Trinajstić information content (AvgIpc) is 2.27. The van der Waals surface area contributed by atoms with Crippen molar-refractivity contribution in [1.82, 2.24) is 5.32 Å². The molecule has 18 heavy (non-hydrogen) atoms. The standard InChI is InChI=1S/C14H19NO3/c1-9(15-13(18)14(2,3)4)10-7-5-6-8-11(10)12(16)17/h5-9H,1-4H3,(H,15,18)(H,16,17)/t9-/m1/s1. The molecule has 0 heterocycles. The molecule has 0 spiro atoms. The fourth-order valence-corrected chi connectivity index (χ4v) is 1.56. The van der Waals surface area contributed by atoms with E-state index in [1.165, 1.54) is 6.07 Å². The molecule has 0 aliphatic heterocycles. The quantitative estimate of drug-likeness (QED) is 0.865. The number of benzene rings is 1. The third-order valence-electron chi connectivity index (χ3n) is 2.69. The van der Waals surface area contributed by atoms with E-state index >= 15 is 0 Å². The molecule has 1 atom stereocenters. The molecule has 1 aromatic rings. The average molecular weight is 249 g/mol. The van der Waals surface area contributed by atoms with E-state index in [9.17, 15) is 9.59 Å². The molecule has 0 aliphatic carbocycles. The summed E-state index contributed by atoms with van der Waals surface area (Å²) in [6.07, 6.45) is 0. The molecule has 1 rings (SSSR count). The van der Waals surface area contributed by atoms with Gasteiger partial charge < -0.3 is 10.4 Å². The number of hydrogen-bond acceptors (Lipinski definition) is 2. The molecule has 0 unspecified atom stereocenters. The number of carboxylic acid groups (broad SMARTS) is 1. The van der Waals surface area contributed by atoms with Crippen LogP contribution >= 0.6 is 0 Å². The van der Waals surface area contributed by atoms with Crippen molar-refractivity contribution in [3.63, 3.8) is 0 Å². The maximum absolute atomic E-state index is 11.9. The Morgan fingerprint density at radius 1 is 1.22 bits per heavy atom. The maximum Gasteiger partial charge on any atom is 0.336 e. The summed E-state index contributed by atoms with van der Waals surface area (Å²) in [5.74, 6) is -1.09. The van der Waals surface area contributed by atoms with Gasteiger partial charge in [-0.3, -0.25) is 4.79 Å². The summed E-state index contributed by atoms with van der Waals surface area (Å²) in [6, 6.07) is 6.37. The number of aromatic carboxylic acids is 1. The van der Waals surface area contributed by atoms with Gasteiger partial charge in [0.1, 0.15) is 0 Å². The van der Waals surface area contributed by atoms with Crippen molar-refractivity contribution in [2.75, 3.05) is 0 Å². The number of carboxylic acids is 1. The van der Waals surface area contributed by atoms with E-state index in [1.807, 2.05) is 20.8 Å². The number of hydrogen-bond donors (Lipinski definition) is 2. The van der Waals surface area contributed by atoms with Crippen molar-refractivity contribution in [1.29, 1.82) is 0 Å². The summed E-state index contributed by atoms with van der Waals surface area (Å²) in [7, 11) is 0. The van der Waals surface area contributed by atoms with E-state index in [0.29, 0.717) is 5.56 Å². The molecular formula is C14H19NO3. The summed E-state index contributed by atoms with van der Waals surface area (Å²) < 4.78 is 0. The first-order valence-electron chi connectivity index (χ1n) is 5.86. The molecule has 0 bridgehead atoms. The number of rotatable bonds is 3. The monoisotopic (exact) mass is 249 g/mol. The van der Waals surface area contributed by atoms with Gasteiger partial charge in [0.25, 0.3) is 0 Å². The smallest absolute Gasteiger partial charge is 0.336 e. The van der Waals surface area contributed by atoms with Crippen LogP contribution < -0.4 is 5.32 Å². The van der Waals surface area contributed by atoms with E-state index < -0.39 is 11.4 Å². The van der Waals surface area contributed by atoms with Crippen LogP contribution in [0.2, 0.25) is 0 Å². The second-order valence-corrected chi connectivity index (χ2v) is 5.34. The predicted octanol–water partition coefficient (Wildman–Crippen LogP) is 2.61. The Labute approximate surface area is 107 Å². The molecule has 4 nitrogen and oxygen atoms in total. The van der Waals surface area contributed by atoms with E-state index in [4.69, 9.17) is 5.11 Å². The second kappa shape index (κ2) is 5.21. The Morgan fingerprint density at radius 3 is 2.28 bits per heavy atom. The Bertz CT molecular complexity index is 460. The minimum absolute atomic E-state index is 0.102. The van der Waals surface area contributed by atoms with Crippen LogP contribution in [0.25, 0.3) is 0 Å². The summed E-state index contributed by atoms with van der Waals surface area (Å²) in [6.45, 7) is 7.24. The van der Waals surface area contributed by atoms with E-state index in [2.05, 4.69) is 5.32 Å². The largest absolute Gasteiger partial charge is 0.478 e. The van der Waals surface area contributed by atoms with Crippen molar-refractivity contribution in [3.05, 3.63) is 35.4 Å². The first kappa shape index (κ1) is 14.2. The number of carbonyl (C=O) groups excluding carboxylic acids is 1. The van der Waals surface area contributed by atoms with Crippen LogP contribution in [0.15, 0.2) is 24.3 Å². The van der Waals surface area contributed by atoms with Gasteiger partial charge in [-0.1, -0.05) is 39.0 Å². The molecule has 0 saturated heterocycles. The summed E-state index contributed by atoms with van der Waals surface area (Å²) in [5.41, 5.74) is 0.341. The van der Waals surface area contributed by atoms with Crippen molar-refractivity contribution >= 4 is 11.9 Å². The Hall–Kier alpha value is -1.84. The molecule has 1 amide bonds. The van der Waals surface area contributed by atoms with E-state index in [0.717, 1.165) is 0 Å². The number of carbonyl (C=O) groups is 2. The highest BCUT2D eigenvalue weighted by atomic mass is 16.4. The van der Waals surface area contributed by atoms with Gasteiger partial charge in [0.05, 0.1) is 11.6 Å². The minimum Gasteiger partial charge on any atom is -0.478 e. The first-order chi connectivity index (χ1) is 8.23. The van der Waals surface area contributed by atoms with Crippen LogP contribution in [0.3, 0.4) is 0 Å². The van der Waals surface area contributed by atoms with Crippen molar-refractivity contribution < 1.29 is 14.7 Å². The van der Waals surface area contributed by atoms with Crippen molar-refractivity contribution in [2.24, 2.45) is 5.41 Å². The zero-order valence-corrected chi connectivity index (χ0v) is 11.2. The Balaban J connectivity index is 2.95. The summed E-state index contributed by atoms with van der Waals surface area (Å²) >= 11 is 0. The van der Waals surface area contributed by atoms with Crippen LogP contribution in [0.1, 0.15) is 49.7 Å². The molecule has 0 aromatic heterocycles. The van der Waals surface area contributed by atoms with Gasteiger partial charge in [0.15, 0.2) is 0 Å². The molecule has 0 radical (unpaired) electrons. The third kappa shape index (κ3) is 3.32. The zero-order chi connectivity index (χ0) is 13.9. The maximum atomic E-state index is 11.9. The number of amides is 1. The van der Waals surface area contributed by atoms with Gasteiger partial charge in [-0.15, -0.1) is 0 Å². The fourth-order valence-electron chi connectivity index (χ4n) is 1.56. The molecule has 0 aliphatic rings. The topological polar surface area (TPSA) is 66.4 Å². The van der Waals surface area contributed by atoms with E-state index in [-0.39, 0.29) is 17.5 Å². The van der Waals surface area contributed by atoms with Gasteiger partial charge in [0.2, 0.25) is 5.91 Å². The van der Waals surface area contributed by atoms with Crippen molar-refractivity contribution in [2.45, 2.75) is 33.7 Å². The van der Waals surface area contributed by atoms with Gasteiger partial charge in [-0.05, 0) is 18.6 Å². The molecular weight excluding hydrogens is 230 g/mol. The lowest BCUT2D eigenvalue weighted by Gasteiger charge is -2.23. The molecule has 0 saturated carbocycles. The highest BCUT2D eigenvalue weighted by molar-refractivity contribution is 5.90. The highest BCUT2D eigenvalue weighted by Gasteiger charge is 2.24. The van der Waals surface area contributed by atoms with E-state index in [1.54, 1.807) is 25.1 Å². The normalized spacial score (nSPS) is 12.9. The van der Waals surface area contributed by atoms with Crippen LogP contribution in [0.4, 0.5) is 0 Å². The molecule has 4 heteroatoms. The minimum atomic E-state index is -0.984. The molecule has 2 N–H and O–H groups in total. The lowest BCUT2D eigenvalue weighted by Crippen LogP contribution is -2.36. The Morgan fingerprint density at radius 2 is 1.78 bits per heavy atom. The van der Waals surface area contributed by atoms with Crippen molar-refractivity contribution in [3.8, 4) is 0 Å².